The fraction of sp³-hybridized carbons (Fsp3) is 0.774. The van der Waals surface area contributed by atoms with Gasteiger partial charge in [-0.25, -0.2) is 0 Å². The second kappa shape index (κ2) is 9.60. The molecule has 5 rings (SSSR count). The second-order valence-electron chi connectivity index (χ2n) is 12.7. The summed E-state index contributed by atoms with van der Waals surface area (Å²) in [6, 6.07) is 10.4. The molecule has 3 heteroatoms. The van der Waals surface area contributed by atoms with E-state index in [1.165, 1.54) is 51.4 Å². The van der Waals surface area contributed by atoms with Gasteiger partial charge in [0.2, 0.25) is 0 Å². The number of anilines is 1. The molecule has 0 bridgehead atoms. The van der Waals surface area contributed by atoms with Crippen LogP contribution >= 0.6 is 0 Å². The quantitative estimate of drug-likeness (QED) is 0.434. The lowest BCUT2D eigenvalue weighted by Gasteiger charge is -2.62. The van der Waals surface area contributed by atoms with Crippen molar-refractivity contribution in [2.24, 2.45) is 46.3 Å². The van der Waals surface area contributed by atoms with Crippen LogP contribution in [0.4, 0.5) is 5.69 Å². The molecule has 8 unspecified atom stereocenters. The van der Waals surface area contributed by atoms with Crippen LogP contribution in [0.15, 0.2) is 30.3 Å². The maximum atomic E-state index is 13.7. The molecule has 0 radical (unpaired) electrons. The molecule has 4 aliphatic rings. The van der Waals surface area contributed by atoms with Crippen molar-refractivity contribution in [3.63, 3.8) is 0 Å². The van der Waals surface area contributed by atoms with Crippen molar-refractivity contribution >= 4 is 11.5 Å². The number of hydrogen-bond acceptors (Lipinski definition) is 3. The normalized spacial score (nSPS) is 41.3. The average Bonchev–Trinajstić information content (AvgIpc) is 3.20. The molecule has 0 amide bonds. The summed E-state index contributed by atoms with van der Waals surface area (Å²) in [6.07, 6.45) is 11.8. The molecule has 4 saturated carbocycles. The van der Waals surface area contributed by atoms with Crippen LogP contribution in [0.5, 0.6) is 0 Å². The van der Waals surface area contributed by atoms with Crippen LogP contribution in [0.1, 0.15) is 78.6 Å². The number of ketones is 1. The van der Waals surface area contributed by atoms with Gasteiger partial charge in [-0.15, -0.1) is 0 Å². The number of hydrogen-bond donors (Lipinski definition) is 0. The Labute approximate surface area is 208 Å². The highest BCUT2D eigenvalue weighted by Crippen LogP contribution is 2.68. The molecule has 0 aliphatic heterocycles. The molecule has 0 N–H and O–H groups in total. The van der Waals surface area contributed by atoms with E-state index in [0.29, 0.717) is 17.7 Å². The molecule has 8 atom stereocenters. The van der Waals surface area contributed by atoms with E-state index in [-0.39, 0.29) is 11.3 Å². The number of carbonyl (C=O) groups is 1. The minimum absolute atomic E-state index is 0.192. The Morgan fingerprint density at radius 3 is 2.59 bits per heavy atom. The van der Waals surface area contributed by atoms with Gasteiger partial charge >= 0.3 is 0 Å². The van der Waals surface area contributed by atoms with Crippen molar-refractivity contribution < 1.29 is 9.53 Å². The van der Waals surface area contributed by atoms with Crippen LogP contribution in [0.2, 0.25) is 0 Å². The Bertz CT molecular complexity index is 850. The standard InChI is InChI=1S/C31H47NO2/c1-5-34-21-31-18-15-22(2)19-23(31)11-12-25-26-13-14-28(30(26,3)17-16-27(25)31)29(33)20-32(4)24-9-7-6-8-10-24/h6-10,22-23,25-28H,5,11-21H2,1-4H3. The summed E-state index contributed by atoms with van der Waals surface area (Å²) < 4.78 is 6.24. The Hall–Kier alpha value is -1.35. The van der Waals surface area contributed by atoms with E-state index in [1.807, 2.05) is 6.07 Å². The first-order valence-electron chi connectivity index (χ1n) is 14.3. The molecule has 0 spiro atoms. The molecule has 1 aromatic carbocycles. The molecule has 3 nitrogen and oxygen atoms in total. The lowest BCUT2D eigenvalue weighted by Crippen LogP contribution is -2.56. The molecule has 0 saturated heterocycles. The van der Waals surface area contributed by atoms with E-state index in [4.69, 9.17) is 4.74 Å². The van der Waals surface area contributed by atoms with Crippen molar-refractivity contribution in [3.8, 4) is 0 Å². The van der Waals surface area contributed by atoms with Gasteiger partial charge in [0.05, 0.1) is 13.2 Å². The van der Waals surface area contributed by atoms with E-state index in [9.17, 15) is 4.79 Å². The summed E-state index contributed by atoms with van der Waals surface area (Å²) >= 11 is 0. The highest BCUT2D eigenvalue weighted by atomic mass is 16.5. The summed E-state index contributed by atoms with van der Waals surface area (Å²) in [5.74, 6) is 4.77. The van der Waals surface area contributed by atoms with Gasteiger partial charge in [0.25, 0.3) is 0 Å². The molecule has 4 aliphatic carbocycles. The topological polar surface area (TPSA) is 29.5 Å². The third-order valence-electron chi connectivity index (χ3n) is 11.2. The summed E-state index contributed by atoms with van der Waals surface area (Å²) in [4.78, 5) is 15.8. The summed E-state index contributed by atoms with van der Waals surface area (Å²) in [5, 5.41) is 0. The first-order chi connectivity index (χ1) is 16.4. The first kappa shape index (κ1) is 24.3. The van der Waals surface area contributed by atoms with Gasteiger partial charge in [0.15, 0.2) is 5.78 Å². The minimum atomic E-state index is 0.192. The van der Waals surface area contributed by atoms with Crippen molar-refractivity contribution in [2.75, 3.05) is 31.7 Å². The predicted molar refractivity (Wildman–Crippen MR) is 140 cm³/mol. The van der Waals surface area contributed by atoms with Crippen molar-refractivity contribution in [1.29, 1.82) is 0 Å². The van der Waals surface area contributed by atoms with Crippen LogP contribution in [-0.4, -0.2) is 32.6 Å². The monoisotopic (exact) mass is 465 g/mol. The van der Waals surface area contributed by atoms with Gasteiger partial charge in [-0.1, -0.05) is 38.5 Å². The van der Waals surface area contributed by atoms with Crippen LogP contribution < -0.4 is 4.90 Å². The van der Waals surface area contributed by atoms with Crippen LogP contribution in [0.3, 0.4) is 0 Å². The number of rotatable bonds is 7. The lowest BCUT2D eigenvalue weighted by molar-refractivity contribution is -0.157. The van der Waals surface area contributed by atoms with E-state index in [0.717, 1.165) is 54.9 Å². The summed E-state index contributed by atoms with van der Waals surface area (Å²) in [6.45, 7) is 9.49. The predicted octanol–water partition coefficient (Wildman–Crippen LogP) is 7.00. The summed E-state index contributed by atoms with van der Waals surface area (Å²) in [5.41, 5.74) is 1.74. The fourth-order valence-electron chi connectivity index (χ4n) is 9.48. The molecule has 4 fully saturated rings. The molecule has 34 heavy (non-hydrogen) atoms. The van der Waals surface area contributed by atoms with Crippen molar-refractivity contribution in [2.45, 2.75) is 78.6 Å². The smallest absolute Gasteiger partial charge is 0.155 e. The largest absolute Gasteiger partial charge is 0.381 e. The highest BCUT2D eigenvalue weighted by molar-refractivity contribution is 5.86. The van der Waals surface area contributed by atoms with E-state index < -0.39 is 0 Å². The molecule has 188 valence electrons. The second-order valence-corrected chi connectivity index (χ2v) is 12.7. The molecule has 0 aromatic heterocycles. The SMILES string of the molecule is CCOCC12CCC(C)CC1CCC1C3CCC(C(=O)CN(C)c4ccccc4)C3(C)CCC12. The van der Waals surface area contributed by atoms with E-state index in [2.05, 4.69) is 57.0 Å². The third-order valence-corrected chi connectivity index (χ3v) is 11.2. The number of benzene rings is 1. The van der Waals surface area contributed by atoms with Crippen LogP contribution in [0, 0.1) is 46.3 Å². The maximum absolute atomic E-state index is 13.7. The van der Waals surface area contributed by atoms with Gasteiger partial charge in [-0.05, 0) is 111 Å². The molecular formula is C31H47NO2. The zero-order chi connectivity index (χ0) is 23.9. The Balaban J connectivity index is 1.34. The van der Waals surface area contributed by atoms with Gasteiger partial charge in [0.1, 0.15) is 0 Å². The lowest BCUT2D eigenvalue weighted by atomic mass is 9.44. The molecular weight excluding hydrogens is 418 g/mol. The molecule has 1 aromatic rings. The van der Waals surface area contributed by atoms with Gasteiger partial charge in [-0.3, -0.25) is 4.79 Å². The Morgan fingerprint density at radius 2 is 1.82 bits per heavy atom. The van der Waals surface area contributed by atoms with E-state index >= 15 is 0 Å². The molecule has 0 heterocycles. The van der Waals surface area contributed by atoms with Crippen molar-refractivity contribution in [1.82, 2.24) is 0 Å². The number of carbonyl (C=O) groups excluding carboxylic acids is 1. The Kier molecular flexibility index (Phi) is 6.88. The zero-order valence-electron chi connectivity index (χ0n) is 22.1. The van der Waals surface area contributed by atoms with Crippen molar-refractivity contribution in [3.05, 3.63) is 30.3 Å². The first-order valence-corrected chi connectivity index (χ1v) is 14.3. The Morgan fingerprint density at radius 1 is 1.03 bits per heavy atom. The number of fused-ring (bicyclic) bond motifs is 5. The number of Topliss-reactive ketones (excluding diaryl/α,β-unsaturated/α-hetero) is 1. The number of para-hydroxylation sites is 1. The highest BCUT2D eigenvalue weighted by Gasteiger charge is 2.62. The maximum Gasteiger partial charge on any atom is 0.155 e. The average molecular weight is 466 g/mol. The van der Waals surface area contributed by atoms with Gasteiger partial charge < -0.3 is 9.64 Å². The van der Waals surface area contributed by atoms with Crippen LogP contribution in [0.25, 0.3) is 0 Å². The third kappa shape index (κ3) is 4.04. The van der Waals surface area contributed by atoms with Gasteiger partial charge in [-0.2, -0.15) is 0 Å². The zero-order valence-corrected chi connectivity index (χ0v) is 22.1. The number of ether oxygens (including phenoxy) is 1. The van der Waals surface area contributed by atoms with Crippen LogP contribution in [-0.2, 0) is 9.53 Å². The van der Waals surface area contributed by atoms with Gasteiger partial charge in [0, 0.05) is 25.3 Å². The number of nitrogens with zero attached hydrogens (tertiary/aromatic N) is 1. The minimum Gasteiger partial charge on any atom is -0.381 e. The summed E-state index contributed by atoms with van der Waals surface area (Å²) in [7, 11) is 2.07. The van der Waals surface area contributed by atoms with E-state index in [1.54, 1.807) is 0 Å². The number of likely N-dealkylation sites (N-methyl/N-ethyl adjacent to an activating group) is 1. The fourth-order valence-corrected chi connectivity index (χ4v) is 9.48.